The van der Waals surface area contributed by atoms with Gasteiger partial charge in [0.25, 0.3) is 0 Å². The summed E-state index contributed by atoms with van der Waals surface area (Å²) >= 11 is 9.35. The van der Waals surface area contributed by atoms with Gasteiger partial charge in [-0.1, -0.05) is 27.5 Å². The van der Waals surface area contributed by atoms with Crippen LogP contribution < -0.4 is 0 Å². The van der Waals surface area contributed by atoms with Crippen LogP contribution in [0.25, 0.3) is 0 Å². The molecule has 3 heteroatoms. The minimum atomic E-state index is 0.0322. The molecule has 0 atom stereocenters. The Kier molecular flexibility index (Phi) is 3.16. The van der Waals surface area contributed by atoms with E-state index in [0.29, 0.717) is 5.02 Å². The van der Waals surface area contributed by atoms with Gasteiger partial charge in [0.05, 0.1) is 6.61 Å². The van der Waals surface area contributed by atoms with Crippen LogP contribution in [0.15, 0.2) is 10.5 Å². The van der Waals surface area contributed by atoms with Gasteiger partial charge in [-0.15, -0.1) is 0 Å². The lowest BCUT2D eigenvalue weighted by molar-refractivity contribution is 0.281. The van der Waals surface area contributed by atoms with Crippen molar-refractivity contribution in [2.45, 2.75) is 20.5 Å². The van der Waals surface area contributed by atoms with E-state index >= 15 is 0 Å². The van der Waals surface area contributed by atoms with Crippen molar-refractivity contribution in [2.75, 3.05) is 0 Å². The zero-order chi connectivity index (χ0) is 9.30. The van der Waals surface area contributed by atoms with Gasteiger partial charge in [-0.2, -0.15) is 0 Å². The summed E-state index contributed by atoms with van der Waals surface area (Å²) in [6.07, 6.45) is 0. The predicted octanol–water partition coefficient (Wildman–Crippen LogP) is 3.21. The van der Waals surface area contributed by atoms with Crippen LogP contribution in [0.4, 0.5) is 0 Å². The van der Waals surface area contributed by atoms with E-state index in [4.69, 9.17) is 16.7 Å². The smallest absolute Gasteiger partial charge is 0.0685 e. The zero-order valence-electron chi connectivity index (χ0n) is 6.99. The van der Waals surface area contributed by atoms with Crippen molar-refractivity contribution in [1.82, 2.24) is 0 Å². The molecular weight excluding hydrogens is 239 g/mol. The molecule has 0 unspecified atom stereocenters. The van der Waals surface area contributed by atoms with Crippen LogP contribution in [0.2, 0.25) is 5.02 Å². The first-order valence-corrected chi connectivity index (χ1v) is 4.80. The highest BCUT2D eigenvalue weighted by molar-refractivity contribution is 9.10. The Morgan fingerprint density at radius 3 is 2.50 bits per heavy atom. The second-order valence-electron chi connectivity index (χ2n) is 2.74. The summed E-state index contributed by atoms with van der Waals surface area (Å²) in [7, 11) is 0. The van der Waals surface area contributed by atoms with Gasteiger partial charge in [-0.25, -0.2) is 0 Å². The largest absolute Gasteiger partial charge is 0.392 e. The normalized spacial score (nSPS) is 10.4. The molecule has 0 saturated heterocycles. The number of hydrogen-bond donors (Lipinski definition) is 1. The predicted molar refractivity (Wildman–Crippen MR) is 54.5 cm³/mol. The Labute approximate surface area is 85.5 Å². The lowest BCUT2D eigenvalue weighted by atomic mass is 10.1. The lowest BCUT2D eigenvalue weighted by Gasteiger charge is -2.09. The van der Waals surface area contributed by atoms with E-state index in [1.165, 1.54) is 0 Å². The second-order valence-corrected chi connectivity index (χ2v) is 3.94. The van der Waals surface area contributed by atoms with Crippen LogP contribution in [0.1, 0.15) is 16.7 Å². The van der Waals surface area contributed by atoms with Crippen LogP contribution in [-0.4, -0.2) is 5.11 Å². The second kappa shape index (κ2) is 3.77. The molecule has 1 rings (SSSR count). The van der Waals surface area contributed by atoms with Gasteiger partial charge in [0.2, 0.25) is 0 Å². The minimum Gasteiger partial charge on any atom is -0.392 e. The molecule has 0 heterocycles. The van der Waals surface area contributed by atoms with Crippen molar-refractivity contribution in [1.29, 1.82) is 0 Å². The lowest BCUT2D eigenvalue weighted by Crippen LogP contribution is -1.92. The van der Waals surface area contributed by atoms with Gasteiger partial charge in [0.1, 0.15) is 0 Å². The third kappa shape index (κ3) is 1.65. The zero-order valence-corrected chi connectivity index (χ0v) is 9.33. The summed E-state index contributed by atoms with van der Waals surface area (Å²) < 4.78 is 0.985. The van der Waals surface area contributed by atoms with Crippen molar-refractivity contribution in [3.8, 4) is 0 Å². The molecule has 0 aliphatic heterocycles. The molecule has 1 aromatic rings. The summed E-state index contributed by atoms with van der Waals surface area (Å²) in [4.78, 5) is 0. The first-order chi connectivity index (χ1) is 5.57. The molecule has 0 spiro atoms. The Morgan fingerprint density at radius 1 is 1.42 bits per heavy atom. The Hall–Kier alpha value is -0.0500. The van der Waals surface area contributed by atoms with Crippen LogP contribution in [-0.2, 0) is 6.61 Å². The van der Waals surface area contributed by atoms with Gasteiger partial charge in [0.15, 0.2) is 0 Å². The molecule has 0 saturated carbocycles. The molecule has 0 aromatic heterocycles. The summed E-state index contributed by atoms with van der Waals surface area (Å²) in [6, 6.07) is 1.80. The number of aliphatic hydroxyl groups excluding tert-OH is 1. The van der Waals surface area contributed by atoms with Crippen molar-refractivity contribution >= 4 is 27.5 Å². The van der Waals surface area contributed by atoms with E-state index in [2.05, 4.69) is 15.9 Å². The number of aliphatic hydroxyl groups is 1. The van der Waals surface area contributed by atoms with Gasteiger partial charge in [0, 0.05) is 9.50 Å². The average molecular weight is 250 g/mol. The monoisotopic (exact) mass is 248 g/mol. The SMILES string of the molecule is Cc1c(Cl)cc(CO)c(C)c1Br. The first-order valence-electron chi connectivity index (χ1n) is 3.63. The molecule has 0 bridgehead atoms. The van der Waals surface area contributed by atoms with E-state index < -0.39 is 0 Å². The number of halogens is 2. The van der Waals surface area contributed by atoms with Crippen LogP contribution in [0, 0.1) is 13.8 Å². The summed E-state index contributed by atoms with van der Waals surface area (Å²) in [5.74, 6) is 0. The summed E-state index contributed by atoms with van der Waals surface area (Å²) in [6.45, 7) is 3.93. The average Bonchev–Trinajstić information content (AvgIpc) is 2.08. The molecule has 0 aliphatic rings. The third-order valence-electron chi connectivity index (χ3n) is 1.97. The van der Waals surface area contributed by atoms with Gasteiger partial charge in [-0.3, -0.25) is 0 Å². The molecule has 12 heavy (non-hydrogen) atoms. The summed E-state index contributed by atoms with van der Waals surface area (Å²) in [5.41, 5.74) is 2.95. The van der Waals surface area contributed by atoms with Crippen molar-refractivity contribution in [2.24, 2.45) is 0 Å². The molecule has 0 amide bonds. The fourth-order valence-electron chi connectivity index (χ4n) is 1.06. The van der Waals surface area contributed by atoms with Crippen molar-refractivity contribution in [3.05, 3.63) is 32.3 Å². The fraction of sp³-hybridized carbons (Fsp3) is 0.333. The Balaban J connectivity index is 3.39. The maximum Gasteiger partial charge on any atom is 0.0685 e. The van der Waals surface area contributed by atoms with Crippen LogP contribution in [0.3, 0.4) is 0 Å². The third-order valence-corrected chi connectivity index (χ3v) is 3.55. The van der Waals surface area contributed by atoms with Crippen molar-refractivity contribution in [3.63, 3.8) is 0 Å². The first kappa shape index (κ1) is 10.0. The van der Waals surface area contributed by atoms with Gasteiger partial charge >= 0.3 is 0 Å². The topological polar surface area (TPSA) is 20.2 Å². The maximum atomic E-state index is 8.98. The van der Waals surface area contributed by atoms with Gasteiger partial charge in [-0.05, 0) is 36.6 Å². The molecule has 1 nitrogen and oxygen atoms in total. The molecular formula is C9H10BrClO. The fourth-order valence-corrected chi connectivity index (χ4v) is 1.87. The molecule has 1 aromatic carbocycles. The highest BCUT2D eigenvalue weighted by Crippen LogP contribution is 2.30. The Morgan fingerprint density at radius 2 is 2.00 bits per heavy atom. The highest BCUT2D eigenvalue weighted by Gasteiger charge is 2.07. The molecule has 0 fully saturated rings. The standard InChI is InChI=1S/C9H10BrClO/c1-5-7(4-12)3-8(11)6(2)9(5)10/h3,12H,4H2,1-2H3. The number of benzene rings is 1. The molecule has 0 aliphatic carbocycles. The maximum absolute atomic E-state index is 8.98. The molecule has 66 valence electrons. The van der Waals surface area contributed by atoms with E-state index in [1.54, 1.807) is 6.07 Å². The summed E-state index contributed by atoms with van der Waals surface area (Å²) in [5, 5.41) is 9.67. The highest BCUT2D eigenvalue weighted by atomic mass is 79.9. The van der Waals surface area contributed by atoms with E-state index in [1.807, 2.05) is 13.8 Å². The quantitative estimate of drug-likeness (QED) is 0.810. The van der Waals surface area contributed by atoms with Gasteiger partial charge < -0.3 is 5.11 Å². The number of hydrogen-bond acceptors (Lipinski definition) is 1. The van der Waals surface area contributed by atoms with E-state index in [9.17, 15) is 0 Å². The molecule has 0 radical (unpaired) electrons. The van der Waals surface area contributed by atoms with Crippen LogP contribution >= 0.6 is 27.5 Å². The van der Waals surface area contributed by atoms with Crippen molar-refractivity contribution < 1.29 is 5.11 Å². The van der Waals surface area contributed by atoms with E-state index in [0.717, 1.165) is 21.2 Å². The Bertz CT molecular complexity index is 310. The number of rotatable bonds is 1. The van der Waals surface area contributed by atoms with E-state index in [-0.39, 0.29) is 6.61 Å². The molecule has 1 N–H and O–H groups in total. The minimum absolute atomic E-state index is 0.0322. The van der Waals surface area contributed by atoms with Crippen LogP contribution in [0.5, 0.6) is 0 Å².